The van der Waals surface area contributed by atoms with Crippen molar-refractivity contribution in [3.63, 3.8) is 0 Å². The van der Waals surface area contributed by atoms with Crippen LogP contribution in [0.5, 0.6) is 0 Å². The second kappa shape index (κ2) is 6.15. The lowest BCUT2D eigenvalue weighted by molar-refractivity contribution is 0.0682. The van der Waals surface area contributed by atoms with Crippen molar-refractivity contribution in [2.45, 2.75) is 43.2 Å². The van der Waals surface area contributed by atoms with Gasteiger partial charge in [0.05, 0.1) is 11.0 Å². The zero-order chi connectivity index (χ0) is 15.6. The van der Waals surface area contributed by atoms with Crippen LogP contribution < -0.4 is 0 Å². The second-order valence-electron chi connectivity index (χ2n) is 5.68. The standard InChI is InChI=1S/C15H21NO4S/c1-11(17)10-13-4-3-9-16(13)15(18)12-5-7-14(8-6-12)21(2,19)20/h5-8,11,13,17H,3-4,9-10H2,1-2H3. The zero-order valence-corrected chi connectivity index (χ0v) is 13.1. The van der Waals surface area contributed by atoms with Crippen LogP contribution in [-0.4, -0.2) is 49.3 Å². The minimum absolute atomic E-state index is 0.0621. The van der Waals surface area contributed by atoms with Gasteiger partial charge in [0.1, 0.15) is 0 Å². The van der Waals surface area contributed by atoms with E-state index in [1.165, 1.54) is 12.1 Å². The van der Waals surface area contributed by atoms with E-state index < -0.39 is 15.9 Å². The molecule has 116 valence electrons. The van der Waals surface area contributed by atoms with Crippen LogP contribution in [0.2, 0.25) is 0 Å². The first-order valence-electron chi connectivity index (χ1n) is 7.08. The van der Waals surface area contributed by atoms with E-state index in [0.29, 0.717) is 18.5 Å². The second-order valence-corrected chi connectivity index (χ2v) is 7.69. The number of carbonyl (C=O) groups is 1. The summed E-state index contributed by atoms with van der Waals surface area (Å²) in [6.45, 7) is 2.41. The van der Waals surface area contributed by atoms with Crippen molar-refractivity contribution in [2.75, 3.05) is 12.8 Å². The van der Waals surface area contributed by atoms with Crippen molar-refractivity contribution in [1.82, 2.24) is 4.90 Å². The van der Waals surface area contributed by atoms with Gasteiger partial charge in [0.25, 0.3) is 5.91 Å². The van der Waals surface area contributed by atoms with Crippen molar-refractivity contribution in [2.24, 2.45) is 0 Å². The lowest BCUT2D eigenvalue weighted by Gasteiger charge is -2.25. The highest BCUT2D eigenvalue weighted by molar-refractivity contribution is 7.90. The Hall–Kier alpha value is -1.40. The number of sulfone groups is 1. The quantitative estimate of drug-likeness (QED) is 0.913. The van der Waals surface area contributed by atoms with E-state index in [2.05, 4.69) is 0 Å². The van der Waals surface area contributed by atoms with Gasteiger partial charge < -0.3 is 10.0 Å². The van der Waals surface area contributed by atoms with Gasteiger partial charge in [0.2, 0.25) is 0 Å². The van der Waals surface area contributed by atoms with Crippen LogP contribution in [-0.2, 0) is 9.84 Å². The fraction of sp³-hybridized carbons (Fsp3) is 0.533. The molecule has 1 fully saturated rings. The molecule has 0 aromatic heterocycles. The van der Waals surface area contributed by atoms with E-state index in [4.69, 9.17) is 0 Å². The third-order valence-corrected chi connectivity index (χ3v) is 4.91. The molecule has 5 nitrogen and oxygen atoms in total. The number of benzene rings is 1. The number of nitrogens with zero attached hydrogens (tertiary/aromatic N) is 1. The van der Waals surface area contributed by atoms with Crippen LogP contribution in [0.15, 0.2) is 29.2 Å². The summed E-state index contributed by atoms with van der Waals surface area (Å²) in [5, 5.41) is 9.50. The van der Waals surface area contributed by atoms with Crippen molar-refractivity contribution >= 4 is 15.7 Å². The molecule has 1 saturated heterocycles. The van der Waals surface area contributed by atoms with Crippen LogP contribution in [0.4, 0.5) is 0 Å². The average Bonchev–Trinajstić information content (AvgIpc) is 2.84. The van der Waals surface area contributed by atoms with Crippen molar-refractivity contribution in [3.8, 4) is 0 Å². The molecule has 1 aromatic carbocycles. The molecule has 1 N–H and O–H groups in total. The number of aliphatic hydroxyl groups excluding tert-OH is 1. The van der Waals surface area contributed by atoms with Gasteiger partial charge in [-0.05, 0) is 50.5 Å². The minimum atomic E-state index is -3.25. The van der Waals surface area contributed by atoms with Gasteiger partial charge in [-0.1, -0.05) is 0 Å². The first kappa shape index (κ1) is 16.0. The van der Waals surface area contributed by atoms with E-state index in [1.54, 1.807) is 24.0 Å². The summed E-state index contributed by atoms with van der Waals surface area (Å²) >= 11 is 0. The third-order valence-electron chi connectivity index (χ3n) is 3.78. The Morgan fingerprint density at radius 1 is 1.38 bits per heavy atom. The predicted molar refractivity (Wildman–Crippen MR) is 79.9 cm³/mol. The zero-order valence-electron chi connectivity index (χ0n) is 12.3. The minimum Gasteiger partial charge on any atom is -0.393 e. The summed E-state index contributed by atoms with van der Waals surface area (Å²) in [4.78, 5) is 14.5. The highest BCUT2D eigenvalue weighted by atomic mass is 32.2. The van der Waals surface area contributed by atoms with Crippen LogP contribution in [0.25, 0.3) is 0 Å². The smallest absolute Gasteiger partial charge is 0.254 e. The molecule has 0 bridgehead atoms. The Morgan fingerprint density at radius 2 is 2.00 bits per heavy atom. The molecule has 21 heavy (non-hydrogen) atoms. The molecule has 2 unspecified atom stereocenters. The van der Waals surface area contributed by atoms with E-state index in [0.717, 1.165) is 19.1 Å². The molecular weight excluding hydrogens is 290 g/mol. The lowest BCUT2D eigenvalue weighted by Crippen LogP contribution is -2.37. The van der Waals surface area contributed by atoms with E-state index in [1.807, 2.05) is 0 Å². The molecule has 2 atom stereocenters. The monoisotopic (exact) mass is 311 g/mol. The molecule has 0 aliphatic carbocycles. The van der Waals surface area contributed by atoms with Crippen molar-refractivity contribution in [3.05, 3.63) is 29.8 Å². The summed E-state index contributed by atoms with van der Waals surface area (Å²) in [7, 11) is -3.25. The van der Waals surface area contributed by atoms with Crippen LogP contribution >= 0.6 is 0 Å². The number of aliphatic hydroxyl groups is 1. The number of likely N-dealkylation sites (tertiary alicyclic amines) is 1. The van der Waals surface area contributed by atoms with Crippen molar-refractivity contribution < 1.29 is 18.3 Å². The Bertz CT molecular complexity index is 607. The Kier molecular flexibility index (Phi) is 4.68. The fourth-order valence-electron chi connectivity index (χ4n) is 2.75. The van der Waals surface area contributed by atoms with Gasteiger partial charge in [-0.3, -0.25) is 4.79 Å². The van der Waals surface area contributed by atoms with Crippen LogP contribution in [0.3, 0.4) is 0 Å². The van der Waals surface area contributed by atoms with Crippen LogP contribution in [0.1, 0.15) is 36.5 Å². The lowest BCUT2D eigenvalue weighted by atomic mass is 10.1. The fourth-order valence-corrected chi connectivity index (χ4v) is 3.38. The maximum atomic E-state index is 12.5. The highest BCUT2D eigenvalue weighted by Crippen LogP contribution is 2.24. The largest absolute Gasteiger partial charge is 0.393 e. The summed E-state index contributed by atoms with van der Waals surface area (Å²) in [5.74, 6) is -0.0989. The number of hydrogen-bond donors (Lipinski definition) is 1. The molecule has 2 rings (SSSR count). The highest BCUT2D eigenvalue weighted by Gasteiger charge is 2.30. The SMILES string of the molecule is CC(O)CC1CCCN1C(=O)c1ccc(S(C)(=O)=O)cc1. The number of carbonyl (C=O) groups excluding carboxylic acids is 1. The first-order valence-corrected chi connectivity index (χ1v) is 8.97. The molecule has 0 saturated carbocycles. The van der Waals surface area contributed by atoms with E-state index in [-0.39, 0.29) is 16.8 Å². The normalized spacial score (nSPS) is 20.5. The molecule has 1 aliphatic rings. The molecule has 0 radical (unpaired) electrons. The number of hydrogen-bond acceptors (Lipinski definition) is 4. The summed E-state index contributed by atoms with van der Waals surface area (Å²) in [5.41, 5.74) is 0.486. The maximum Gasteiger partial charge on any atom is 0.254 e. The van der Waals surface area contributed by atoms with Gasteiger partial charge in [-0.15, -0.1) is 0 Å². The van der Waals surface area contributed by atoms with Gasteiger partial charge in [0.15, 0.2) is 9.84 Å². The van der Waals surface area contributed by atoms with Gasteiger partial charge in [-0.2, -0.15) is 0 Å². The molecule has 1 heterocycles. The van der Waals surface area contributed by atoms with E-state index in [9.17, 15) is 18.3 Å². The number of amides is 1. The summed E-state index contributed by atoms with van der Waals surface area (Å²) < 4.78 is 22.8. The van der Waals surface area contributed by atoms with Gasteiger partial charge in [0, 0.05) is 24.4 Å². The molecule has 1 aliphatic heterocycles. The molecule has 1 aromatic rings. The first-order chi connectivity index (χ1) is 9.79. The average molecular weight is 311 g/mol. The Labute approximate surface area is 125 Å². The third kappa shape index (κ3) is 3.83. The maximum absolute atomic E-state index is 12.5. The van der Waals surface area contributed by atoms with Gasteiger partial charge >= 0.3 is 0 Å². The molecular formula is C15H21NO4S. The summed E-state index contributed by atoms with van der Waals surface area (Å²) in [6, 6.07) is 6.09. The molecule has 1 amide bonds. The molecule has 6 heteroatoms. The Morgan fingerprint density at radius 3 is 2.52 bits per heavy atom. The molecule has 0 spiro atoms. The Balaban J connectivity index is 2.16. The number of rotatable bonds is 4. The van der Waals surface area contributed by atoms with Crippen molar-refractivity contribution in [1.29, 1.82) is 0 Å². The summed E-state index contributed by atoms with van der Waals surface area (Å²) in [6.07, 6.45) is 3.12. The topological polar surface area (TPSA) is 74.7 Å². The van der Waals surface area contributed by atoms with Crippen LogP contribution in [0, 0.1) is 0 Å². The van der Waals surface area contributed by atoms with E-state index >= 15 is 0 Å². The van der Waals surface area contributed by atoms with Gasteiger partial charge in [-0.25, -0.2) is 8.42 Å². The predicted octanol–water partition coefficient (Wildman–Crippen LogP) is 1.47.